The lowest BCUT2D eigenvalue weighted by Crippen LogP contribution is -2.43. The normalized spacial score (nSPS) is 24.8. The van der Waals surface area contributed by atoms with Crippen LogP contribution in [0.1, 0.15) is 63.4 Å². The highest BCUT2D eigenvalue weighted by molar-refractivity contribution is 5.91. The molecule has 0 bridgehead atoms. The van der Waals surface area contributed by atoms with Crippen LogP contribution in [0, 0.1) is 11.7 Å². The Hall–Kier alpha value is -1.92. The molecule has 30 heavy (non-hydrogen) atoms. The van der Waals surface area contributed by atoms with Crippen molar-refractivity contribution in [2.45, 2.75) is 70.1 Å². The van der Waals surface area contributed by atoms with Crippen LogP contribution in [-0.2, 0) is 14.3 Å². The van der Waals surface area contributed by atoms with Crippen molar-refractivity contribution in [2.75, 3.05) is 20.3 Å². The number of carbonyl (C=O) groups excluding carboxylic acids is 1. The Bertz CT molecular complexity index is 714. The van der Waals surface area contributed by atoms with Crippen molar-refractivity contribution < 1.29 is 23.8 Å². The molecule has 0 spiro atoms. The van der Waals surface area contributed by atoms with Gasteiger partial charge in [-0.3, -0.25) is 4.79 Å². The van der Waals surface area contributed by atoms with Crippen molar-refractivity contribution in [2.24, 2.45) is 5.92 Å². The number of halogens is 1. The topological polar surface area (TPSA) is 59.0 Å². The lowest BCUT2D eigenvalue weighted by molar-refractivity contribution is -0.170. The van der Waals surface area contributed by atoms with E-state index in [4.69, 9.17) is 9.47 Å². The zero-order chi connectivity index (χ0) is 21.5. The van der Waals surface area contributed by atoms with Crippen LogP contribution in [-0.4, -0.2) is 48.5 Å². The summed E-state index contributed by atoms with van der Waals surface area (Å²) in [6.45, 7) is 2.43. The number of allylic oxidation sites excluding steroid dienone is 1. The molecular formula is C24H34FNO4. The first kappa shape index (κ1) is 22.8. The van der Waals surface area contributed by atoms with E-state index in [1.165, 1.54) is 18.6 Å². The number of ether oxygens (including phenoxy) is 2. The van der Waals surface area contributed by atoms with Crippen molar-refractivity contribution in [3.05, 3.63) is 47.5 Å². The number of carbonyl (C=O) groups is 1. The molecule has 1 aliphatic heterocycles. The van der Waals surface area contributed by atoms with Gasteiger partial charge in [-0.15, -0.1) is 0 Å². The molecule has 5 nitrogen and oxygen atoms in total. The lowest BCUT2D eigenvalue weighted by Gasteiger charge is -2.39. The summed E-state index contributed by atoms with van der Waals surface area (Å²) in [5, 5.41) is 9.36. The van der Waals surface area contributed by atoms with Crippen molar-refractivity contribution >= 4 is 5.91 Å². The third kappa shape index (κ3) is 5.41. The van der Waals surface area contributed by atoms with E-state index in [1.54, 1.807) is 12.1 Å². The fourth-order valence-corrected chi connectivity index (χ4v) is 4.63. The number of aliphatic hydroxyl groups is 1. The number of nitrogens with zero attached hydrogens (tertiary/aromatic N) is 1. The van der Waals surface area contributed by atoms with Crippen LogP contribution in [0.5, 0.6) is 0 Å². The van der Waals surface area contributed by atoms with Gasteiger partial charge in [-0.05, 0) is 56.4 Å². The quantitative estimate of drug-likeness (QED) is 0.680. The highest BCUT2D eigenvalue weighted by Gasteiger charge is 2.39. The first-order chi connectivity index (χ1) is 14.5. The van der Waals surface area contributed by atoms with Gasteiger partial charge in [0.25, 0.3) is 5.91 Å². The van der Waals surface area contributed by atoms with Crippen LogP contribution in [0.4, 0.5) is 4.39 Å². The Kier molecular flexibility index (Phi) is 8.28. The first-order valence-electron chi connectivity index (χ1n) is 11.2. The van der Waals surface area contributed by atoms with Crippen molar-refractivity contribution in [3.63, 3.8) is 0 Å². The Morgan fingerprint density at radius 2 is 1.93 bits per heavy atom. The summed E-state index contributed by atoms with van der Waals surface area (Å²) in [5.41, 5.74) is 0.915. The van der Waals surface area contributed by atoms with Gasteiger partial charge >= 0.3 is 0 Å². The van der Waals surface area contributed by atoms with E-state index in [0.29, 0.717) is 25.2 Å². The molecule has 0 unspecified atom stereocenters. The number of benzene rings is 1. The monoisotopic (exact) mass is 419 g/mol. The maximum Gasteiger partial charge on any atom is 0.288 e. The van der Waals surface area contributed by atoms with Crippen molar-refractivity contribution in [1.82, 2.24) is 4.90 Å². The van der Waals surface area contributed by atoms with Gasteiger partial charge in [0.05, 0.1) is 0 Å². The first-order valence-corrected chi connectivity index (χ1v) is 11.2. The van der Waals surface area contributed by atoms with E-state index in [9.17, 15) is 14.3 Å². The second-order valence-corrected chi connectivity index (χ2v) is 8.29. The fraction of sp³-hybridized carbons (Fsp3) is 0.625. The standard InChI is InChI=1S/C24H34FNO4/c1-3-29-24-20(10-7-15-27)21(17-11-13-18(25)14-12-17)16-22(30-24)23(28)26(2)19-8-5-4-6-9-19/h11-14,16,19-21,24,27H,3-10,15H2,1-2H3/t20-,21-,24-/m1/s1. The second kappa shape index (κ2) is 10.9. The van der Waals surface area contributed by atoms with Gasteiger partial charge in [-0.25, -0.2) is 4.39 Å². The van der Waals surface area contributed by atoms with Gasteiger partial charge < -0.3 is 19.5 Å². The summed E-state index contributed by atoms with van der Waals surface area (Å²) in [4.78, 5) is 15.1. The average molecular weight is 420 g/mol. The van der Waals surface area contributed by atoms with Gasteiger partial charge in [0.2, 0.25) is 6.29 Å². The van der Waals surface area contributed by atoms with Crippen LogP contribution in [0.15, 0.2) is 36.1 Å². The van der Waals surface area contributed by atoms with E-state index in [0.717, 1.165) is 31.2 Å². The minimum atomic E-state index is -0.583. The maximum absolute atomic E-state index is 13.5. The Morgan fingerprint density at radius 3 is 2.57 bits per heavy atom. The Balaban J connectivity index is 1.90. The molecule has 1 aliphatic carbocycles. The van der Waals surface area contributed by atoms with Crippen LogP contribution >= 0.6 is 0 Å². The van der Waals surface area contributed by atoms with Gasteiger partial charge in [0, 0.05) is 38.1 Å². The minimum Gasteiger partial charge on any atom is -0.459 e. The van der Waals surface area contributed by atoms with Gasteiger partial charge in [-0.2, -0.15) is 0 Å². The number of aliphatic hydroxyl groups excluding tert-OH is 1. The SMILES string of the molecule is CCO[C@@H]1OC(C(=O)N(C)C2CCCCC2)=C[C@H](c2ccc(F)cc2)[C@H]1CCCO. The largest absolute Gasteiger partial charge is 0.459 e. The molecule has 166 valence electrons. The third-order valence-corrected chi connectivity index (χ3v) is 6.32. The molecule has 1 heterocycles. The van der Waals surface area contributed by atoms with Crippen LogP contribution < -0.4 is 0 Å². The molecule has 2 aliphatic rings. The molecule has 1 saturated carbocycles. The number of hydrogen-bond donors (Lipinski definition) is 1. The molecule has 0 aromatic heterocycles. The lowest BCUT2D eigenvalue weighted by atomic mass is 9.80. The third-order valence-electron chi connectivity index (χ3n) is 6.32. The van der Waals surface area contributed by atoms with Gasteiger partial charge in [0.15, 0.2) is 5.76 Å². The molecule has 1 N–H and O–H groups in total. The van der Waals surface area contributed by atoms with E-state index >= 15 is 0 Å². The van der Waals surface area contributed by atoms with Crippen LogP contribution in [0.3, 0.4) is 0 Å². The number of likely N-dealkylation sites (N-methyl/N-ethyl adjacent to an activating group) is 1. The number of hydrogen-bond acceptors (Lipinski definition) is 4. The molecule has 1 amide bonds. The van der Waals surface area contributed by atoms with Crippen LogP contribution in [0.2, 0.25) is 0 Å². The molecule has 0 saturated heterocycles. The summed E-state index contributed by atoms with van der Waals surface area (Å²) in [6, 6.07) is 6.62. The highest BCUT2D eigenvalue weighted by Crippen LogP contribution is 2.40. The number of rotatable bonds is 8. The molecule has 0 radical (unpaired) electrons. The maximum atomic E-state index is 13.5. The molecule has 6 heteroatoms. The zero-order valence-corrected chi connectivity index (χ0v) is 18.1. The summed E-state index contributed by atoms with van der Waals surface area (Å²) < 4.78 is 25.5. The predicted octanol–water partition coefficient (Wildman–Crippen LogP) is 4.37. The fourth-order valence-electron chi connectivity index (χ4n) is 4.63. The van der Waals surface area contributed by atoms with Crippen molar-refractivity contribution in [1.29, 1.82) is 0 Å². The summed E-state index contributed by atoms with van der Waals surface area (Å²) in [5.74, 6) is -0.341. The van der Waals surface area contributed by atoms with E-state index in [-0.39, 0.29) is 36.2 Å². The highest BCUT2D eigenvalue weighted by atomic mass is 19.1. The second-order valence-electron chi connectivity index (χ2n) is 8.29. The average Bonchev–Trinajstić information content (AvgIpc) is 2.78. The molecule has 1 fully saturated rings. The van der Waals surface area contributed by atoms with Crippen molar-refractivity contribution in [3.8, 4) is 0 Å². The van der Waals surface area contributed by atoms with E-state index < -0.39 is 6.29 Å². The summed E-state index contributed by atoms with van der Waals surface area (Å²) >= 11 is 0. The Labute approximate surface area is 178 Å². The number of amides is 1. The van der Waals surface area contributed by atoms with Gasteiger partial charge in [0.1, 0.15) is 5.82 Å². The van der Waals surface area contributed by atoms with Crippen LogP contribution in [0.25, 0.3) is 0 Å². The minimum absolute atomic E-state index is 0.0703. The molecule has 3 rings (SSSR count). The summed E-state index contributed by atoms with van der Waals surface area (Å²) in [7, 11) is 1.85. The smallest absolute Gasteiger partial charge is 0.288 e. The van der Waals surface area contributed by atoms with Gasteiger partial charge in [-0.1, -0.05) is 31.4 Å². The summed E-state index contributed by atoms with van der Waals surface area (Å²) in [6.07, 6.45) is 8.12. The zero-order valence-electron chi connectivity index (χ0n) is 18.1. The van der Waals surface area contributed by atoms with E-state index in [1.807, 2.05) is 24.9 Å². The molecule has 3 atom stereocenters. The van der Waals surface area contributed by atoms with E-state index in [2.05, 4.69) is 0 Å². The molecule has 1 aromatic carbocycles. The molecule has 1 aromatic rings. The predicted molar refractivity (Wildman–Crippen MR) is 113 cm³/mol. The Morgan fingerprint density at radius 1 is 1.23 bits per heavy atom. The molecular weight excluding hydrogens is 385 g/mol.